The third-order valence-electron chi connectivity index (χ3n) is 2.31. The second-order valence-corrected chi connectivity index (χ2v) is 7.70. The van der Waals surface area contributed by atoms with E-state index in [0.29, 0.717) is 11.4 Å². The summed E-state index contributed by atoms with van der Waals surface area (Å²) in [4.78, 5) is 1.58. The molecule has 0 saturated heterocycles. The summed E-state index contributed by atoms with van der Waals surface area (Å²) in [7, 11) is -1.88. The van der Waals surface area contributed by atoms with E-state index in [1.54, 1.807) is 24.3 Å². The Balaban J connectivity index is 2.32. The molecule has 94 valence electrons. The first kappa shape index (κ1) is 12.8. The van der Waals surface area contributed by atoms with Crippen LogP contribution in [-0.2, 0) is 19.4 Å². The van der Waals surface area contributed by atoms with Crippen molar-refractivity contribution in [3.05, 3.63) is 48.5 Å². The molecule has 0 bridgehead atoms. The Bertz CT molecular complexity index is 569. The van der Waals surface area contributed by atoms with Gasteiger partial charge in [-0.05, 0) is 36.4 Å². The van der Waals surface area contributed by atoms with Crippen LogP contribution in [0.25, 0.3) is 0 Å². The highest BCUT2D eigenvalue weighted by Crippen LogP contribution is 2.21. The van der Waals surface area contributed by atoms with E-state index in [-0.39, 0.29) is 0 Å². The zero-order chi connectivity index (χ0) is 13.1. The number of nitrogens with two attached hydrogens (primary N) is 2. The molecule has 2 rings (SSSR count). The topological polar surface area (TPSA) is 99.7 Å². The smallest absolute Gasteiger partial charge is 0.0325 e. The van der Waals surface area contributed by atoms with E-state index in [9.17, 15) is 0 Å². The largest absolute Gasteiger partial charge is 0.399 e. The van der Waals surface area contributed by atoms with Crippen molar-refractivity contribution in [1.29, 1.82) is 9.56 Å². The predicted octanol–water partition coefficient (Wildman–Crippen LogP) is 2.95. The third kappa shape index (κ3) is 2.77. The molecule has 2 aromatic rings. The molecule has 2 aromatic carbocycles. The highest BCUT2D eigenvalue weighted by atomic mass is 33.1. The summed E-state index contributed by atoms with van der Waals surface area (Å²) >= 11 is 0. The molecule has 6 heteroatoms. The number of hydrogen-bond acceptors (Lipinski definition) is 4. The predicted molar refractivity (Wildman–Crippen MR) is 78.4 cm³/mol. The Labute approximate surface area is 110 Å². The van der Waals surface area contributed by atoms with Crippen LogP contribution >= 0.6 is 0 Å². The molecule has 0 aliphatic carbocycles. The fourth-order valence-corrected chi connectivity index (χ4v) is 4.50. The SMILES string of the molecule is N=S(c1cccc(N)c1)S(=N)c1cccc(N)c1. The van der Waals surface area contributed by atoms with E-state index in [0.717, 1.165) is 9.79 Å². The lowest BCUT2D eigenvalue weighted by Gasteiger charge is -2.10. The first-order valence-corrected chi connectivity index (χ1v) is 8.17. The molecule has 0 amide bonds. The summed E-state index contributed by atoms with van der Waals surface area (Å²) in [6, 6.07) is 14.4. The van der Waals surface area contributed by atoms with Crippen LogP contribution in [-0.4, -0.2) is 0 Å². The second-order valence-electron chi connectivity index (χ2n) is 3.68. The van der Waals surface area contributed by atoms with Crippen molar-refractivity contribution < 1.29 is 0 Å². The Kier molecular flexibility index (Phi) is 3.78. The van der Waals surface area contributed by atoms with Crippen molar-refractivity contribution in [2.45, 2.75) is 9.79 Å². The van der Waals surface area contributed by atoms with Crippen molar-refractivity contribution in [2.24, 2.45) is 0 Å². The molecule has 0 radical (unpaired) electrons. The van der Waals surface area contributed by atoms with Gasteiger partial charge in [0.15, 0.2) is 0 Å². The summed E-state index contributed by atoms with van der Waals surface area (Å²) in [5, 5.41) is 0. The van der Waals surface area contributed by atoms with Crippen molar-refractivity contribution in [3.63, 3.8) is 0 Å². The number of benzene rings is 2. The number of hydrogen-bond donors (Lipinski definition) is 4. The minimum atomic E-state index is -0.939. The molecular weight excluding hydrogens is 264 g/mol. The maximum absolute atomic E-state index is 8.18. The zero-order valence-corrected chi connectivity index (χ0v) is 11.2. The van der Waals surface area contributed by atoms with Crippen molar-refractivity contribution in [2.75, 3.05) is 11.5 Å². The molecular formula is C12H14N4S2. The Morgan fingerprint density at radius 2 is 1.11 bits per heavy atom. The minimum Gasteiger partial charge on any atom is -0.399 e. The molecule has 4 nitrogen and oxygen atoms in total. The monoisotopic (exact) mass is 278 g/mol. The fraction of sp³-hybridized carbons (Fsp3) is 0. The van der Waals surface area contributed by atoms with E-state index in [1.807, 2.05) is 24.3 Å². The molecule has 2 unspecified atom stereocenters. The van der Waals surface area contributed by atoms with Crippen molar-refractivity contribution >= 4 is 30.8 Å². The summed E-state index contributed by atoms with van der Waals surface area (Å²) < 4.78 is 16.4. The van der Waals surface area contributed by atoms with Gasteiger partial charge in [0.2, 0.25) is 0 Å². The van der Waals surface area contributed by atoms with Crippen molar-refractivity contribution in [3.8, 4) is 0 Å². The minimum absolute atomic E-state index is 0.627. The van der Waals surface area contributed by atoms with E-state index >= 15 is 0 Å². The molecule has 18 heavy (non-hydrogen) atoms. The van der Waals surface area contributed by atoms with Crippen molar-refractivity contribution in [1.82, 2.24) is 0 Å². The average molecular weight is 278 g/mol. The molecule has 0 aliphatic rings. The first-order valence-electron chi connectivity index (χ1n) is 5.20. The van der Waals surface area contributed by atoms with Crippen LogP contribution in [0, 0.1) is 9.56 Å². The zero-order valence-electron chi connectivity index (χ0n) is 9.59. The number of nitrogen functional groups attached to an aromatic ring is 2. The molecule has 2 atom stereocenters. The van der Waals surface area contributed by atoms with Crippen LogP contribution in [0.5, 0.6) is 0 Å². The second kappa shape index (κ2) is 5.32. The van der Waals surface area contributed by atoms with E-state index in [2.05, 4.69) is 0 Å². The lowest BCUT2D eigenvalue weighted by atomic mass is 10.3. The number of nitrogens with one attached hydrogen (secondary N) is 2. The van der Waals surface area contributed by atoms with Gasteiger partial charge in [-0.15, -0.1) is 0 Å². The summed E-state index contributed by atoms with van der Waals surface area (Å²) in [5.41, 5.74) is 12.7. The lowest BCUT2D eigenvalue weighted by molar-refractivity contribution is 1.42. The van der Waals surface area contributed by atoms with Crippen LogP contribution < -0.4 is 11.5 Å². The third-order valence-corrected chi connectivity index (χ3v) is 6.16. The Morgan fingerprint density at radius 1 is 0.722 bits per heavy atom. The normalized spacial score (nSPS) is 14.0. The van der Waals surface area contributed by atoms with Crippen LogP contribution in [0.2, 0.25) is 0 Å². The molecule has 0 aromatic heterocycles. The molecule has 6 N–H and O–H groups in total. The number of rotatable bonds is 3. The maximum Gasteiger partial charge on any atom is 0.0325 e. The number of anilines is 2. The Hall–Kier alpha value is -1.66. The quantitative estimate of drug-likeness (QED) is 0.512. The fourth-order valence-electron chi connectivity index (χ4n) is 1.45. The molecule has 0 saturated carbocycles. The van der Waals surface area contributed by atoms with Gasteiger partial charge in [-0.2, -0.15) is 0 Å². The van der Waals surface area contributed by atoms with Crippen LogP contribution in [0.15, 0.2) is 58.3 Å². The summed E-state index contributed by atoms with van der Waals surface area (Å²) in [5.74, 6) is 0. The van der Waals surface area contributed by atoms with E-state index in [1.165, 1.54) is 0 Å². The van der Waals surface area contributed by atoms with Crippen LogP contribution in [0.3, 0.4) is 0 Å². The van der Waals surface area contributed by atoms with Crippen LogP contribution in [0.4, 0.5) is 11.4 Å². The molecule has 0 heterocycles. The van der Waals surface area contributed by atoms with Gasteiger partial charge in [0.05, 0.1) is 0 Å². The highest BCUT2D eigenvalue weighted by molar-refractivity contribution is 8.61. The maximum atomic E-state index is 8.18. The van der Waals surface area contributed by atoms with Gasteiger partial charge in [0, 0.05) is 40.6 Å². The van der Waals surface area contributed by atoms with Crippen LogP contribution in [0.1, 0.15) is 0 Å². The summed E-state index contributed by atoms with van der Waals surface area (Å²) in [6.45, 7) is 0. The lowest BCUT2D eigenvalue weighted by Crippen LogP contribution is -2.00. The average Bonchev–Trinajstić information content (AvgIpc) is 2.37. The first-order chi connectivity index (χ1) is 8.58. The van der Waals surface area contributed by atoms with Gasteiger partial charge < -0.3 is 11.5 Å². The van der Waals surface area contributed by atoms with E-state index in [4.69, 9.17) is 21.0 Å². The van der Waals surface area contributed by atoms with Gasteiger partial charge in [-0.3, -0.25) is 9.56 Å². The molecule has 0 aliphatic heterocycles. The van der Waals surface area contributed by atoms with Gasteiger partial charge >= 0.3 is 0 Å². The van der Waals surface area contributed by atoms with Gasteiger partial charge in [0.1, 0.15) is 0 Å². The molecule has 0 fully saturated rings. The van der Waals surface area contributed by atoms with Gasteiger partial charge in [0.25, 0.3) is 0 Å². The summed E-state index contributed by atoms with van der Waals surface area (Å²) in [6.07, 6.45) is 0. The Morgan fingerprint density at radius 3 is 1.44 bits per heavy atom. The van der Waals surface area contributed by atoms with Gasteiger partial charge in [-0.25, -0.2) is 0 Å². The van der Waals surface area contributed by atoms with Gasteiger partial charge in [-0.1, -0.05) is 12.1 Å². The molecule has 0 spiro atoms. The standard InChI is InChI=1S/C12H14N4S2/c13-9-3-1-5-11(7-9)17(15)18(16)12-6-2-4-10(14)8-12/h1-8,15-16H,13-14H2. The van der Waals surface area contributed by atoms with E-state index < -0.39 is 19.4 Å². The highest BCUT2D eigenvalue weighted by Gasteiger charge is 2.08.